The van der Waals surface area contributed by atoms with Gasteiger partial charge in [-0.05, 0) is 75.2 Å². The molecule has 1 N–H and O–H groups in total. The lowest BCUT2D eigenvalue weighted by molar-refractivity contribution is -0.136. The van der Waals surface area contributed by atoms with Gasteiger partial charge in [-0.3, -0.25) is 4.79 Å². The van der Waals surface area contributed by atoms with Crippen molar-refractivity contribution in [1.29, 1.82) is 0 Å². The fourth-order valence-electron chi connectivity index (χ4n) is 3.03. The molecule has 2 rings (SSSR count). The number of benzene rings is 1. The van der Waals surface area contributed by atoms with Gasteiger partial charge >= 0.3 is 5.97 Å². The molecule has 1 aliphatic carbocycles. The lowest BCUT2D eigenvalue weighted by Gasteiger charge is -2.16. The fourth-order valence-corrected chi connectivity index (χ4v) is 3.03. The van der Waals surface area contributed by atoms with E-state index in [-0.39, 0.29) is 6.42 Å². The van der Waals surface area contributed by atoms with Crippen LogP contribution in [0.4, 0.5) is 0 Å². The summed E-state index contributed by atoms with van der Waals surface area (Å²) in [5.41, 5.74) is 5.23. The van der Waals surface area contributed by atoms with Crippen LogP contribution in [-0.4, -0.2) is 43.2 Å². The molecule has 0 atom stereocenters. The van der Waals surface area contributed by atoms with Crippen molar-refractivity contribution in [1.82, 2.24) is 4.90 Å². The Bertz CT molecular complexity index is 813. The van der Waals surface area contributed by atoms with Crippen molar-refractivity contribution in [3.05, 3.63) is 70.9 Å². The lowest BCUT2D eigenvalue weighted by atomic mass is 10.0. The van der Waals surface area contributed by atoms with E-state index in [1.54, 1.807) is 0 Å². The molecule has 28 heavy (non-hydrogen) atoms. The SMILES string of the molecule is CC1=CCC=CC=C1COc1ccc(CC(=O)O)cc1/C(C)=C\CCN(C)C. The highest BCUT2D eigenvalue weighted by Crippen LogP contribution is 2.29. The average Bonchev–Trinajstić information content (AvgIpc) is 2.83. The molecule has 4 heteroatoms. The van der Waals surface area contributed by atoms with Gasteiger partial charge in [0, 0.05) is 12.1 Å². The average molecular weight is 382 g/mol. The third kappa shape index (κ3) is 6.86. The molecule has 0 saturated heterocycles. The minimum Gasteiger partial charge on any atom is -0.488 e. The molecule has 0 saturated carbocycles. The molecule has 0 radical (unpaired) electrons. The molecule has 0 amide bonds. The Labute approximate surface area is 168 Å². The van der Waals surface area contributed by atoms with Crippen LogP contribution >= 0.6 is 0 Å². The second kappa shape index (κ2) is 10.7. The van der Waals surface area contributed by atoms with Crippen LogP contribution in [0.2, 0.25) is 0 Å². The molecule has 1 aliphatic rings. The highest BCUT2D eigenvalue weighted by Gasteiger charge is 2.11. The number of carbonyl (C=O) groups is 1. The van der Waals surface area contributed by atoms with Crippen molar-refractivity contribution in [3.8, 4) is 5.75 Å². The van der Waals surface area contributed by atoms with E-state index in [9.17, 15) is 4.79 Å². The van der Waals surface area contributed by atoms with Crippen molar-refractivity contribution in [2.45, 2.75) is 33.1 Å². The Balaban J connectivity index is 2.25. The van der Waals surface area contributed by atoms with Crippen LogP contribution in [0.5, 0.6) is 5.75 Å². The number of carboxylic acids is 1. The summed E-state index contributed by atoms with van der Waals surface area (Å²) in [4.78, 5) is 13.3. The standard InChI is InChI=1S/C24H31NO3/c1-18-9-6-5-7-11-21(18)17-28-23-13-12-20(16-24(26)27)15-22(23)19(2)10-8-14-25(3)4/h5,7,9-13,15H,6,8,14,16-17H2,1-4H3,(H,26,27)/b19-10-. The molecule has 0 fully saturated rings. The number of aliphatic carboxylic acids is 1. The smallest absolute Gasteiger partial charge is 0.307 e. The van der Waals surface area contributed by atoms with E-state index in [0.29, 0.717) is 6.61 Å². The molecule has 150 valence electrons. The summed E-state index contributed by atoms with van der Waals surface area (Å²) in [6.45, 7) is 5.61. The predicted octanol–water partition coefficient (Wildman–Crippen LogP) is 4.88. The lowest BCUT2D eigenvalue weighted by Crippen LogP contribution is -2.12. The number of allylic oxidation sites excluding steroid dienone is 5. The van der Waals surface area contributed by atoms with Gasteiger partial charge in [0.1, 0.15) is 12.4 Å². The van der Waals surface area contributed by atoms with E-state index in [1.165, 1.54) is 5.57 Å². The number of nitrogens with zero attached hydrogens (tertiary/aromatic N) is 1. The largest absolute Gasteiger partial charge is 0.488 e. The maximum absolute atomic E-state index is 11.1. The summed E-state index contributed by atoms with van der Waals surface area (Å²) < 4.78 is 6.17. The Morgan fingerprint density at radius 2 is 2.11 bits per heavy atom. The third-order valence-electron chi connectivity index (χ3n) is 4.73. The minimum absolute atomic E-state index is 0.00997. The third-order valence-corrected chi connectivity index (χ3v) is 4.73. The Morgan fingerprint density at radius 3 is 2.82 bits per heavy atom. The topological polar surface area (TPSA) is 49.8 Å². The first-order valence-electron chi connectivity index (χ1n) is 9.69. The quantitative estimate of drug-likeness (QED) is 0.662. The van der Waals surface area contributed by atoms with Crippen LogP contribution in [0.25, 0.3) is 5.57 Å². The van der Waals surface area contributed by atoms with E-state index in [0.717, 1.165) is 47.4 Å². The molecular weight excluding hydrogens is 350 g/mol. The van der Waals surface area contributed by atoms with E-state index >= 15 is 0 Å². The molecule has 0 aliphatic heterocycles. The van der Waals surface area contributed by atoms with Crippen LogP contribution in [0.3, 0.4) is 0 Å². The van der Waals surface area contributed by atoms with E-state index in [1.807, 2.05) is 18.2 Å². The van der Waals surface area contributed by atoms with Crippen molar-refractivity contribution >= 4 is 11.5 Å². The van der Waals surface area contributed by atoms with Crippen LogP contribution in [0.1, 0.15) is 37.8 Å². The molecule has 0 aromatic heterocycles. The van der Waals surface area contributed by atoms with Gasteiger partial charge in [-0.2, -0.15) is 0 Å². The van der Waals surface area contributed by atoms with Gasteiger partial charge in [0.25, 0.3) is 0 Å². The summed E-state index contributed by atoms with van der Waals surface area (Å²) in [7, 11) is 4.10. The summed E-state index contributed by atoms with van der Waals surface area (Å²) in [6.07, 6.45) is 12.5. The zero-order valence-electron chi connectivity index (χ0n) is 17.4. The van der Waals surface area contributed by atoms with Crippen LogP contribution in [0.15, 0.2) is 59.7 Å². The normalized spacial score (nSPS) is 14.5. The Morgan fingerprint density at radius 1 is 1.32 bits per heavy atom. The van der Waals surface area contributed by atoms with Gasteiger partial charge in [0.05, 0.1) is 6.42 Å². The predicted molar refractivity (Wildman–Crippen MR) is 116 cm³/mol. The molecule has 1 aromatic carbocycles. The number of hydrogen-bond acceptors (Lipinski definition) is 3. The first-order chi connectivity index (χ1) is 13.4. The Hall–Kier alpha value is -2.59. The molecule has 0 spiro atoms. The first-order valence-corrected chi connectivity index (χ1v) is 9.69. The van der Waals surface area contributed by atoms with E-state index in [4.69, 9.17) is 9.84 Å². The highest BCUT2D eigenvalue weighted by molar-refractivity contribution is 5.73. The van der Waals surface area contributed by atoms with Crippen molar-refractivity contribution in [3.63, 3.8) is 0 Å². The van der Waals surface area contributed by atoms with Gasteiger partial charge in [-0.25, -0.2) is 0 Å². The summed E-state index contributed by atoms with van der Waals surface area (Å²) in [5.74, 6) is -0.0420. The number of ether oxygens (including phenoxy) is 1. The van der Waals surface area contributed by atoms with E-state index < -0.39 is 5.97 Å². The summed E-state index contributed by atoms with van der Waals surface area (Å²) >= 11 is 0. The van der Waals surface area contributed by atoms with Gasteiger partial charge in [0.15, 0.2) is 0 Å². The first kappa shape index (κ1) is 21.7. The summed E-state index contributed by atoms with van der Waals surface area (Å²) in [5, 5.41) is 9.13. The van der Waals surface area contributed by atoms with Gasteiger partial charge < -0.3 is 14.7 Å². The monoisotopic (exact) mass is 381 g/mol. The second-order valence-corrected chi connectivity index (χ2v) is 7.41. The molecule has 0 bridgehead atoms. The minimum atomic E-state index is -0.829. The van der Waals surface area contributed by atoms with Gasteiger partial charge in [-0.1, -0.05) is 36.4 Å². The molecule has 1 aromatic rings. The van der Waals surface area contributed by atoms with Crippen LogP contribution in [-0.2, 0) is 11.2 Å². The highest BCUT2D eigenvalue weighted by atomic mass is 16.5. The Kier molecular flexibility index (Phi) is 8.27. The maximum atomic E-state index is 11.1. The van der Waals surface area contributed by atoms with E-state index in [2.05, 4.69) is 63.2 Å². The fraction of sp³-hybridized carbons (Fsp3) is 0.375. The second-order valence-electron chi connectivity index (χ2n) is 7.41. The number of carboxylic acid groups (broad SMARTS) is 1. The van der Waals surface area contributed by atoms with Crippen molar-refractivity contribution in [2.24, 2.45) is 0 Å². The van der Waals surface area contributed by atoms with Crippen LogP contribution in [0, 0.1) is 0 Å². The molecule has 0 unspecified atom stereocenters. The number of rotatable bonds is 9. The zero-order valence-corrected chi connectivity index (χ0v) is 17.4. The summed E-state index contributed by atoms with van der Waals surface area (Å²) in [6, 6.07) is 5.67. The van der Waals surface area contributed by atoms with Gasteiger partial charge in [-0.15, -0.1) is 0 Å². The van der Waals surface area contributed by atoms with Crippen molar-refractivity contribution in [2.75, 3.05) is 27.2 Å². The van der Waals surface area contributed by atoms with Gasteiger partial charge in [0.2, 0.25) is 0 Å². The number of hydrogen-bond donors (Lipinski definition) is 1. The molecular formula is C24H31NO3. The van der Waals surface area contributed by atoms with Crippen molar-refractivity contribution < 1.29 is 14.6 Å². The van der Waals surface area contributed by atoms with Crippen LogP contribution < -0.4 is 4.74 Å². The molecule has 4 nitrogen and oxygen atoms in total. The molecule has 0 heterocycles. The zero-order chi connectivity index (χ0) is 20.5. The maximum Gasteiger partial charge on any atom is 0.307 e.